The number of anilines is 3. The number of aryl methyl sites for hydroxylation is 1. The highest BCUT2D eigenvalue weighted by atomic mass is 16.1. The van der Waals surface area contributed by atoms with Crippen molar-refractivity contribution in [3.05, 3.63) is 46.0 Å². The molecule has 4 heterocycles. The van der Waals surface area contributed by atoms with Crippen LogP contribution in [0.5, 0.6) is 0 Å². The van der Waals surface area contributed by atoms with Crippen molar-refractivity contribution < 1.29 is 19.9 Å². The zero-order chi connectivity index (χ0) is 32.6. The van der Waals surface area contributed by atoms with Crippen LogP contribution in [0.4, 0.5) is 17.5 Å². The van der Waals surface area contributed by atoms with Crippen molar-refractivity contribution in [2.75, 3.05) is 36.2 Å². The Bertz CT molecular complexity index is 1660. The first-order valence-electron chi connectivity index (χ1n) is 16.0. The second kappa shape index (κ2) is 8.90. The maximum absolute atomic E-state index is 13.6. The second-order valence-corrected chi connectivity index (χ2v) is 7.81. The lowest BCUT2D eigenvalue weighted by Crippen LogP contribution is -2.43. The van der Waals surface area contributed by atoms with Crippen LogP contribution >= 0.6 is 0 Å². The van der Waals surface area contributed by atoms with Gasteiger partial charge < -0.3 is 15.5 Å². The molecule has 2 aliphatic rings. The number of pyridine rings is 2. The maximum atomic E-state index is 13.6. The van der Waals surface area contributed by atoms with Gasteiger partial charge in [0.25, 0.3) is 5.56 Å². The number of hydrogen-bond donors (Lipinski definition) is 2. The molecule has 1 aliphatic heterocycles. The van der Waals surface area contributed by atoms with E-state index in [4.69, 9.17) is 15.1 Å². The average molecular weight is 459 g/mol. The molecule has 3 aromatic rings. The van der Waals surface area contributed by atoms with Crippen LogP contribution in [0.1, 0.15) is 69.6 Å². The summed E-state index contributed by atoms with van der Waals surface area (Å²) >= 11 is 0. The van der Waals surface area contributed by atoms with Gasteiger partial charge in [-0.2, -0.15) is 4.98 Å². The first kappa shape index (κ1) is 12.2. The van der Waals surface area contributed by atoms with E-state index in [1.165, 1.54) is 22.9 Å². The Balaban J connectivity index is 1.58. The summed E-state index contributed by atoms with van der Waals surface area (Å²) in [5, 5.41) is 4.61. The third-order valence-corrected chi connectivity index (χ3v) is 5.70. The molecule has 2 fully saturated rings. The van der Waals surface area contributed by atoms with Gasteiger partial charge >= 0.3 is 0 Å². The Kier molecular flexibility index (Phi) is 3.30. The first-order chi connectivity index (χ1) is 20.2. The molecule has 0 radical (unpaired) electrons. The first-order valence-corrected chi connectivity index (χ1v) is 10.5. The number of nitrogens with zero attached hydrogens (tertiary/aromatic N) is 5. The highest BCUT2D eigenvalue weighted by Gasteiger charge is 2.25. The molecule has 2 N–H and O–H groups in total. The lowest BCUT2D eigenvalue weighted by atomic mass is 10.0. The number of nitrogens with one attached hydrogen (secondary N) is 2. The number of rotatable bonds is 5. The number of ketones is 1. The van der Waals surface area contributed by atoms with Gasteiger partial charge in [-0.25, -0.2) is 9.97 Å². The van der Waals surface area contributed by atoms with E-state index in [1.54, 1.807) is 5.32 Å². The quantitative estimate of drug-likeness (QED) is 0.562. The summed E-state index contributed by atoms with van der Waals surface area (Å²) in [5.41, 5.74) is -1.82. The number of aromatic nitrogens is 4. The molecule has 0 spiro atoms. The van der Waals surface area contributed by atoms with Crippen LogP contribution in [0.2, 0.25) is 0 Å². The van der Waals surface area contributed by atoms with Crippen LogP contribution in [0, 0.1) is 6.85 Å². The minimum absolute atomic E-state index is 0.0267. The van der Waals surface area contributed by atoms with E-state index < -0.39 is 55.3 Å². The molecule has 1 saturated carbocycles. The topological polar surface area (TPSA) is 105 Å². The van der Waals surface area contributed by atoms with E-state index in [-0.39, 0.29) is 34.5 Å². The highest BCUT2D eigenvalue weighted by Crippen LogP contribution is 2.32. The van der Waals surface area contributed by atoms with Gasteiger partial charge in [0.05, 0.1) is 22.9 Å². The molecule has 9 nitrogen and oxygen atoms in total. The predicted octanol–water partition coefficient (Wildman–Crippen LogP) is 2.97. The maximum Gasteiger partial charge on any atom is 0.263 e. The monoisotopic (exact) mass is 458 g/mol. The third kappa shape index (κ3) is 4.08. The Morgan fingerprint density at radius 2 is 2.00 bits per heavy atom. The van der Waals surface area contributed by atoms with Crippen molar-refractivity contribution in [2.45, 2.75) is 45.5 Å². The molecule has 0 aromatic carbocycles. The van der Waals surface area contributed by atoms with Crippen LogP contribution in [-0.2, 0) is 0 Å². The van der Waals surface area contributed by atoms with Crippen molar-refractivity contribution in [1.29, 1.82) is 0 Å². The van der Waals surface area contributed by atoms with E-state index in [9.17, 15) is 9.59 Å². The number of piperazine rings is 1. The van der Waals surface area contributed by atoms with Crippen LogP contribution in [0.15, 0.2) is 29.3 Å². The molecule has 0 atom stereocenters. The number of carbonyl (C=O) groups is 1. The molecule has 1 aliphatic carbocycles. The zero-order valence-electron chi connectivity index (χ0n) is 28.8. The highest BCUT2D eigenvalue weighted by molar-refractivity contribution is 5.99. The van der Waals surface area contributed by atoms with E-state index >= 15 is 0 Å². The molecular formula is C24H29N7O2. The fourth-order valence-corrected chi connectivity index (χ4v) is 4.14. The summed E-state index contributed by atoms with van der Waals surface area (Å²) in [6.45, 7) is -13.7. The zero-order valence-corrected chi connectivity index (χ0v) is 17.8. The van der Waals surface area contributed by atoms with Gasteiger partial charge in [-0.15, -0.1) is 0 Å². The number of carbonyl (C=O) groups excluding carboxylic acids is 1. The molecule has 0 unspecified atom stereocenters. The summed E-state index contributed by atoms with van der Waals surface area (Å²) in [6, 6.07) is 2.20. The van der Waals surface area contributed by atoms with E-state index in [1.807, 2.05) is 0 Å². The van der Waals surface area contributed by atoms with Crippen molar-refractivity contribution in [3.8, 4) is 0 Å². The molecule has 3 aromatic heterocycles. The Hall–Kier alpha value is -3.33. The van der Waals surface area contributed by atoms with Gasteiger partial charge in [-0.3, -0.25) is 14.2 Å². The van der Waals surface area contributed by atoms with Gasteiger partial charge in [0.1, 0.15) is 11.5 Å². The van der Waals surface area contributed by atoms with Gasteiger partial charge in [-0.05, 0) is 44.3 Å². The van der Waals surface area contributed by atoms with E-state index in [0.29, 0.717) is 17.7 Å². The average Bonchev–Trinajstić information content (AvgIpc) is 3.41. The van der Waals surface area contributed by atoms with Crippen molar-refractivity contribution >= 4 is 34.3 Å². The lowest BCUT2D eigenvalue weighted by Gasteiger charge is -2.29. The Morgan fingerprint density at radius 3 is 2.67 bits per heavy atom. The summed E-state index contributed by atoms with van der Waals surface area (Å²) in [5.74, 6) is -0.696. The van der Waals surface area contributed by atoms with Crippen molar-refractivity contribution in [3.63, 3.8) is 0 Å². The normalized spacial score (nSPS) is 28.4. The van der Waals surface area contributed by atoms with Crippen molar-refractivity contribution in [1.82, 2.24) is 24.8 Å². The fraction of sp³-hybridized carbons (Fsp3) is 0.458. The molecule has 0 bridgehead atoms. The number of fused-ring (bicyclic) bond motifs is 1. The SMILES string of the molecule is [2H]C([2H])([2H])c1c(C(C)=O)c(=O)n(C2CCCC2)c2nc(Nc3ccc(N4C([2H])([2H])C([2H])([2H])NC([2H])([2H])C4([2H])[2H])cn3)ncc12. The van der Waals surface area contributed by atoms with Crippen molar-refractivity contribution in [2.24, 2.45) is 0 Å². The molecule has 5 rings (SSSR count). The van der Waals surface area contributed by atoms with Gasteiger partial charge in [0.15, 0.2) is 5.78 Å². The molecular weight excluding hydrogens is 418 g/mol. The Labute approximate surface area is 207 Å². The Morgan fingerprint density at radius 1 is 1.21 bits per heavy atom. The minimum atomic E-state index is -3.04. The molecule has 172 valence electrons. The van der Waals surface area contributed by atoms with Crippen LogP contribution in [0.25, 0.3) is 11.0 Å². The lowest BCUT2D eigenvalue weighted by molar-refractivity contribution is 0.101. The van der Waals surface area contributed by atoms with E-state index in [2.05, 4.69) is 20.3 Å². The summed E-state index contributed by atoms with van der Waals surface area (Å²) < 4.78 is 90.5. The number of Topliss-reactive ketones (excluding diaryl/α,β-unsaturated/α-hetero) is 1. The standard InChI is InChI=1S/C24H29N7O2/c1-15-19-14-27-24(28-20-8-7-18(13-26-20)30-11-9-25-10-12-30)29-22(19)31(17-5-3-4-6-17)23(33)21(15)16(2)32/h7-8,13-14,17,25H,3-6,9-12H2,1-2H3,(H,26,27,28,29)/i1D3,9D2,10D2,11D2,12D2. The summed E-state index contributed by atoms with van der Waals surface area (Å²) in [4.78, 5) is 39.3. The molecule has 0 amide bonds. The number of hydrogen-bond acceptors (Lipinski definition) is 8. The largest absolute Gasteiger partial charge is 0.368 e. The van der Waals surface area contributed by atoms with Gasteiger partial charge in [0, 0.05) is 53.2 Å². The summed E-state index contributed by atoms with van der Waals surface area (Å²) in [7, 11) is 0. The molecule has 1 saturated heterocycles. The van der Waals surface area contributed by atoms with Crippen LogP contribution in [0.3, 0.4) is 0 Å². The summed E-state index contributed by atoms with van der Waals surface area (Å²) in [6.07, 6.45) is 5.19. The second-order valence-electron chi connectivity index (χ2n) is 7.81. The molecule has 9 heteroatoms. The minimum Gasteiger partial charge on any atom is -0.368 e. The van der Waals surface area contributed by atoms with Gasteiger partial charge in [-0.1, -0.05) is 12.8 Å². The molecule has 33 heavy (non-hydrogen) atoms. The third-order valence-electron chi connectivity index (χ3n) is 5.70. The predicted molar refractivity (Wildman–Crippen MR) is 129 cm³/mol. The fourth-order valence-electron chi connectivity index (χ4n) is 4.14. The van der Waals surface area contributed by atoms with E-state index in [0.717, 1.165) is 26.0 Å². The smallest absolute Gasteiger partial charge is 0.263 e. The van der Waals surface area contributed by atoms with Gasteiger partial charge in [0.2, 0.25) is 5.95 Å². The van der Waals surface area contributed by atoms with Crippen LogP contribution in [-0.4, -0.2) is 51.3 Å². The van der Waals surface area contributed by atoms with Crippen LogP contribution < -0.4 is 21.1 Å².